The third kappa shape index (κ3) is 4.33. The molecule has 0 saturated heterocycles. The zero-order chi connectivity index (χ0) is 15.2. The summed E-state index contributed by atoms with van der Waals surface area (Å²) in [7, 11) is 0. The molecule has 0 spiro atoms. The minimum Gasteiger partial charge on any atom is -0.303 e. The van der Waals surface area contributed by atoms with Crippen LogP contribution in [0.15, 0.2) is 48.5 Å². The first kappa shape index (κ1) is 16.1. The van der Waals surface area contributed by atoms with E-state index in [1.54, 1.807) is 0 Å². The van der Waals surface area contributed by atoms with Crippen LogP contribution < -0.4 is 5.32 Å². The molecule has 2 heteroatoms. The van der Waals surface area contributed by atoms with Crippen LogP contribution >= 0.6 is 11.6 Å². The Morgan fingerprint density at radius 3 is 2.00 bits per heavy atom. The average Bonchev–Trinajstić information content (AvgIpc) is 2.53. The molecule has 2 unspecified atom stereocenters. The predicted octanol–water partition coefficient (Wildman–Crippen LogP) is 5.70. The zero-order valence-corrected chi connectivity index (χ0v) is 13.8. The second-order valence-electron chi connectivity index (χ2n) is 5.50. The molecule has 0 fully saturated rings. The third-order valence-corrected chi connectivity index (χ3v) is 4.27. The van der Waals surface area contributed by atoms with E-state index in [0.717, 1.165) is 17.9 Å². The lowest BCUT2D eigenvalue weighted by Gasteiger charge is -2.23. The molecule has 0 aromatic heterocycles. The monoisotopic (exact) mass is 301 g/mol. The van der Waals surface area contributed by atoms with Crippen molar-refractivity contribution in [3.63, 3.8) is 0 Å². The van der Waals surface area contributed by atoms with E-state index in [1.165, 1.54) is 16.7 Å². The Labute approximate surface area is 133 Å². The second kappa shape index (κ2) is 7.63. The van der Waals surface area contributed by atoms with Crippen molar-refractivity contribution in [2.75, 3.05) is 0 Å². The van der Waals surface area contributed by atoms with Crippen molar-refractivity contribution in [1.29, 1.82) is 0 Å². The molecule has 0 radical (unpaired) electrons. The molecule has 0 aliphatic heterocycles. The van der Waals surface area contributed by atoms with Crippen molar-refractivity contribution in [1.82, 2.24) is 5.32 Å². The topological polar surface area (TPSA) is 12.0 Å². The maximum atomic E-state index is 5.97. The summed E-state index contributed by atoms with van der Waals surface area (Å²) in [5.74, 6) is 0. The van der Waals surface area contributed by atoms with Crippen molar-refractivity contribution in [3.05, 3.63) is 70.2 Å². The van der Waals surface area contributed by atoms with Gasteiger partial charge < -0.3 is 5.32 Å². The largest absolute Gasteiger partial charge is 0.303 e. The van der Waals surface area contributed by atoms with Gasteiger partial charge in [0.2, 0.25) is 0 Å². The van der Waals surface area contributed by atoms with Crippen molar-refractivity contribution in [3.8, 4) is 0 Å². The van der Waals surface area contributed by atoms with Gasteiger partial charge in [-0.2, -0.15) is 0 Å². The van der Waals surface area contributed by atoms with E-state index in [4.69, 9.17) is 11.6 Å². The summed E-state index contributed by atoms with van der Waals surface area (Å²) in [5.41, 5.74) is 4.01. The molecule has 2 aromatic carbocycles. The summed E-state index contributed by atoms with van der Waals surface area (Å²) < 4.78 is 0. The number of hydrogen-bond acceptors (Lipinski definition) is 1. The van der Waals surface area contributed by atoms with Gasteiger partial charge in [0, 0.05) is 17.1 Å². The van der Waals surface area contributed by atoms with Gasteiger partial charge >= 0.3 is 0 Å². The van der Waals surface area contributed by atoms with Gasteiger partial charge in [-0.1, -0.05) is 61.8 Å². The average molecular weight is 302 g/mol. The molecule has 0 aliphatic rings. The van der Waals surface area contributed by atoms with E-state index in [9.17, 15) is 0 Å². The highest BCUT2D eigenvalue weighted by molar-refractivity contribution is 6.30. The Bertz CT molecular complexity index is 545. The number of aryl methyl sites for hydroxylation is 1. The quantitative estimate of drug-likeness (QED) is 0.721. The van der Waals surface area contributed by atoms with Gasteiger partial charge in [0.1, 0.15) is 0 Å². The van der Waals surface area contributed by atoms with Crippen LogP contribution in [-0.2, 0) is 6.42 Å². The normalized spacial score (nSPS) is 13.9. The highest BCUT2D eigenvalue weighted by Crippen LogP contribution is 2.23. The number of benzene rings is 2. The highest BCUT2D eigenvalue weighted by Gasteiger charge is 2.13. The molecule has 1 nitrogen and oxygen atoms in total. The fourth-order valence-corrected chi connectivity index (χ4v) is 2.71. The summed E-state index contributed by atoms with van der Waals surface area (Å²) in [5, 5.41) is 4.50. The van der Waals surface area contributed by atoms with Crippen molar-refractivity contribution < 1.29 is 0 Å². The molecule has 112 valence electrons. The van der Waals surface area contributed by atoms with Crippen LogP contribution in [0.4, 0.5) is 0 Å². The van der Waals surface area contributed by atoms with E-state index in [2.05, 4.69) is 62.5 Å². The number of nitrogens with one attached hydrogen (secondary N) is 1. The molecule has 1 N–H and O–H groups in total. The van der Waals surface area contributed by atoms with Crippen molar-refractivity contribution >= 4 is 11.6 Å². The van der Waals surface area contributed by atoms with Gasteiger partial charge in [-0.25, -0.2) is 0 Å². The van der Waals surface area contributed by atoms with Gasteiger partial charge in [0.05, 0.1) is 0 Å². The van der Waals surface area contributed by atoms with E-state index in [-0.39, 0.29) is 0 Å². The Kier molecular flexibility index (Phi) is 5.84. The number of rotatable bonds is 6. The number of halogens is 1. The zero-order valence-electron chi connectivity index (χ0n) is 13.1. The molecule has 0 heterocycles. The van der Waals surface area contributed by atoms with Gasteiger partial charge in [-0.3, -0.25) is 0 Å². The van der Waals surface area contributed by atoms with E-state index >= 15 is 0 Å². The summed E-state index contributed by atoms with van der Waals surface area (Å²) >= 11 is 5.97. The molecule has 0 bridgehead atoms. The van der Waals surface area contributed by atoms with Crippen LogP contribution in [-0.4, -0.2) is 0 Å². The lowest BCUT2D eigenvalue weighted by Crippen LogP contribution is -2.24. The first-order valence-electron chi connectivity index (χ1n) is 7.74. The summed E-state index contributed by atoms with van der Waals surface area (Å²) in [6, 6.07) is 17.7. The Hall–Kier alpha value is -1.31. The van der Waals surface area contributed by atoms with Crippen LogP contribution in [0.1, 0.15) is 56.0 Å². The summed E-state index contributed by atoms with van der Waals surface area (Å²) in [6.07, 6.45) is 2.14. The minimum atomic E-state index is 0.330. The molecular weight excluding hydrogens is 278 g/mol. The third-order valence-electron chi connectivity index (χ3n) is 4.02. The molecule has 0 saturated carbocycles. The summed E-state index contributed by atoms with van der Waals surface area (Å²) in [6.45, 7) is 6.61. The van der Waals surface area contributed by atoms with E-state index < -0.39 is 0 Å². The molecule has 21 heavy (non-hydrogen) atoms. The molecule has 2 aromatic rings. The number of hydrogen-bond donors (Lipinski definition) is 1. The molecule has 0 aliphatic carbocycles. The first-order valence-corrected chi connectivity index (χ1v) is 8.12. The van der Waals surface area contributed by atoms with Gasteiger partial charge in [0.15, 0.2) is 0 Å². The molecule has 2 rings (SSSR count). The lowest BCUT2D eigenvalue weighted by molar-refractivity contribution is 0.456. The minimum absolute atomic E-state index is 0.330. The van der Waals surface area contributed by atoms with Gasteiger partial charge in [-0.15, -0.1) is 0 Å². The Balaban J connectivity index is 2.08. The lowest BCUT2D eigenvalue weighted by atomic mass is 10.0. The van der Waals surface area contributed by atoms with Crippen LogP contribution in [0.25, 0.3) is 0 Å². The van der Waals surface area contributed by atoms with Crippen LogP contribution in [0.5, 0.6) is 0 Å². The van der Waals surface area contributed by atoms with Crippen molar-refractivity contribution in [2.45, 2.75) is 45.7 Å². The summed E-state index contributed by atoms with van der Waals surface area (Å²) in [4.78, 5) is 0. The molecule has 0 amide bonds. The SMILES string of the molecule is CCc1ccc(C(C)NC(CC)c2ccc(Cl)cc2)cc1. The molecule has 2 atom stereocenters. The van der Waals surface area contributed by atoms with Gasteiger partial charge in [0.25, 0.3) is 0 Å². The highest BCUT2D eigenvalue weighted by atomic mass is 35.5. The van der Waals surface area contributed by atoms with Crippen LogP contribution in [0, 0.1) is 0 Å². The van der Waals surface area contributed by atoms with Gasteiger partial charge in [-0.05, 0) is 48.6 Å². The maximum Gasteiger partial charge on any atom is 0.0406 e. The Morgan fingerprint density at radius 2 is 1.48 bits per heavy atom. The standard InChI is InChI=1S/C19H24ClN/c1-4-15-6-8-16(9-7-15)14(3)21-19(5-2)17-10-12-18(20)13-11-17/h6-14,19,21H,4-5H2,1-3H3. The fourth-order valence-electron chi connectivity index (χ4n) is 2.58. The first-order chi connectivity index (χ1) is 10.1. The fraction of sp³-hybridized carbons (Fsp3) is 0.368. The molecular formula is C19H24ClN. The predicted molar refractivity (Wildman–Crippen MR) is 91.9 cm³/mol. The maximum absolute atomic E-state index is 5.97. The second-order valence-corrected chi connectivity index (χ2v) is 5.93. The van der Waals surface area contributed by atoms with Crippen LogP contribution in [0.3, 0.4) is 0 Å². The Morgan fingerprint density at radius 1 is 0.905 bits per heavy atom. The van der Waals surface area contributed by atoms with Crippen molar-refractivity contribution in [2.24, 2.45) is 0 Å². The van der Waals surface area contributed by atoms with E-state index in [1.807, 2.05) is 12.1 Å². The smallest absolute Gasteiger partial charge is 0.0406 e. The van der Waals surface area contributed by atoms with E-state index in [0.29, 0.717) is 12.1 Å². The van der Waals surface area contributed by atoms with Crippen LogP contribution in [0.2, 0.25) is 5.02 Å².